The van der Waals surface area contributed by atoms with Gasteiger partial charge in [-0.05, 0) is 261 Å². The number of fused-ring (bicyclic) bond motifs is 12. The van der Waals surface area contributed by atoms with Crippen LogP contribution in [-0.2, 0) is 10.8 Å². The smallest absolute Gasteiger partial charge is 0.0720 e. The lowest BCUT2D eigenvalue weighted by Gasteiger charge is -2.35. The molecule has 0 atom stereocenters. The molecule has 0 amide bonds. The van der Waals surface area contributed by atoms with Crippen molar-refractivity contribution < 1.29 is 0 Å². The summed E-state index contributed by atoms with van der Waals surface area (Å²) in [7, 11) is 0. The standard InChI is InChI=1S/C67H45NS.C55H37NS/c1-5-19-46(20-6-1)49-25-17-26-50(39-49)51-27-18-30-57(43-51)68(56-28-11-4-12-29-56)58-36-38-66-62(45-58)61-44-54(35-37-65(61)69-66)67(63-33-15-13-31-59(63)60-32-14-16-34-64(60)67)55-41-52(47-21-7-2-8-22-47)40-53(42-55)48-23-9-3-10-24-48;1-4-17-38(18-5-1)39-19-14-20-40(35-39)41-21-15-26-44(36-41)56(43-24-8-3-9-25-43)45-33-34-48-53(37-45)57-52-32-16-31-51(54(48)52)55(42-22-6-2-7-23-42)49-29-12-10-27-46(49)47-28-11-13-30-50(47)55/h1-45H;1-37H. The fourth-order valence-electron chi connectivity index (χ4n) is 20.3. The quantitative estimate of drug-likeness (QED) is 0.0951. The molecule has 0 radical (unpaired) electrons. The van der Waals surface area contributed by atoms with Gasteiger partial charge in [0, 0.05) is 74.5 Å². The third-order valence-corrected chi connectivity index (χ3v) is 28.1. The fraction of sp³-hybridized carbons (Fsp3) is 0.0164. The molecule has 0 spiro atoms. The van der Waals surface area contributed by atoms with Gasteiger partial charge in [-0.1, -0.05) is 370 Å². The Bertz CT molecular complexity index is 7680. The van der Waals surface area contributed by atoms with Gasteiger partial charge >= 0.3 is 0 Å². The minimum absolute atomic E-state index is 0.463. The van der Waals surface area contributed by atoms with E-state index in [4.69, 9.17) is 0 Å². The van der Waals surface area contributed by atoms with E-state index in [2.05, 4.69) is 507 Å². The van der Waals surface area contributed by atoms with Gasteiger partial charge in [0.2, 0.25) is 0 Å². The van der Waals surface area contributed by atoms with Crippen LogP contribution in [0.5, 0.6) is 0 Å². The van der Waals surface area contributed by atoms with Gasteiger partial charge < -0.3 is 9.80 Å². The second-order valence-corrected chi connectivity index (χ2v) is 35.0. The molecule has 0 unspecified atom stereocenters. The van der Waals surface area contributed by atoms with Crippen molar-refractivity contribution in [1.82, 2.24) is 0 Å². The third-order valence-electron chi connectivity index (χ3n) is 25.8. The molecule has 2 aromatic heterocycles. The number of anilines is 6. The zero-order valence-corrected chi connectivity index (χ0v) is 70.7. The Balaban J connectivity index is 0.000000148. The minimum atomic E-state index is -0.601. The number of nitrogens with zero attached hydrogens (tertiary/aromatic N) is 2. The maximum absolute atomic E-state index is 2.52. The molecule has 0 aliphatic heterocycles. The Kier molecular flexibility index (Phi) is 19.2. The highest BCUT2D eigenvalue weighted by Gasteiger charge is 2.49. The van der Waals surface area contributed by atoms with Crippen LogP contribution in [0.2, 0.25) is 0 Å². The summed E-state index contributed by atoms with van der Waals surface area (Å²) >= 11 is 3.76. The SMILES string of the molecule is c1ccc(-c2cccc(-c3cccc(N(c4ccccc4)c4ccc5c(c4)sc4cccc(C6(c7ccccc7)c7ccccc7-c7ccccc76)c45)c3)c2)cc1.c1ccc(-c2cccc(-c3cccc(N(c4ccccc4)c4ccc5sc6ccc(C7(c8cc(-c9ccccc9)cc(-c9ccccc9)c8)c8ccccc8-c8ccccc87)cc6c5c4)c3)c2)cc1. The number of hydrogen-bond donors (Lipinski definition) is 0. The Morgan fingerprint density at radius 2 is 0.468 bits per heavy atom. The van der Waals surface area contributed by atoms with Gasteiger partial charge in [-0.15, -0.1) is 22.7 Å². The summed E-state index contributed by atoms with van der Waals surface area (Å²) in [6.07, 6.45) is 0. The van der Waals surface area contributed by atoms with E-state index in [-0.39, 0.29) is 0 Å². The summed E-state index contributed by atoms with van der Waals surface area (Å²) in [5.41, 5.74) is 35.6. The molecule has 0 saturated heterocycles. The monoisotopic (exact) mass is 1640 g/mol. The predicted molar refractivity (Wildman–Crippen MR) is 535 cm³/mol. The Hall–Kier alpha value is -15.6. The predicted octanol–water partition coefficient (Wildman–Crippen LogP) is 33.8. The average molecular weight is 1640 g/mol. The second-order valence-electron chi connectivity index (χ2n) is 32.9. The average Bonchev–Trinajstić information content (AvgIpc) is 1.53. The Morgan fingerprint density at radius 3 is 0.944 bits per heavy atom. The molecule has 4 heteroatoms. The van der Waals surface area contributed by atoms with Crippen molar-refractivity contribution in [2.24, 2.45) is 0 Å². The van der Waals surface area contributed by atoms with E-state index < -0.39 is 10.8 Å². The van der Waals surface area contributed by atoms with Gasteiger partial charge in [0.1, 0.15) is 0 Å². The van der Waals surface area contributed by atoms with Crippen molar-refractivity contribution in [2.45, 2.75) is 10.8 Å². The third kappa shape index (κ3) is 13.1. The van der Waals surface area contributed by atoms with Crippen molar-refractivity contribution in [3.8, 4) is 89.0 Å². The van der Waals surface area contributed by atoms with Crippen LogP contribution in [0.4, 0.5) is 34.1 Å². The number of benzene rings is 20. The van der Waals surface area contributed by atoms with Crippen molar-refractivity contribution in [2.75, 3.05) is 9.80 Å². The zero-order chi connectivity index (χ0) is 83.5. The van der Waals surface area contributed by atoms with Crippen molar-refractivity contribution in [3.63, 3.8) is 0 Å². The van der Waals surface area contributed by atoms with Crippen LogP contribution in [-0.4, -0.2) is 0 Å². The lowest BCUT2D eigenvalue weighted by molar-refractivity contribution is 0.771. The van der Waals surface area contributed by atoms with Crippen LogP contribution in [0.3, 0.4) is 0 Å². The summed E-state index contributed by atoms with van der Waals surface area (Å²) in [6.45, 7) is 0. The lowest BCUT2D eigenvalue weighted by Crippen LogP contribution is -2.28. The molecule has 0 fully saturated rings. The summed E-state index contributed by atoms with van der Waals surface area (Å²) in [6, 6.07) is 183. The van der Waals surface area contributed by atoms with Crippen LogP contribution in [0.15, 0.2) is 497 Å². The van der Waals surface area contributed by atoms with Gasteiger partial charge in [-0.3, -0.25) is 0 Å². The zero-order valence-electron chi connectivity index (χ0n) is 69.1. The molecular formula is C122H82N2S2. The molecule has 0 bridgehead atoms. The summed E-state index contributed by atoms with van der Waals surface area (Å²) in [5, 5.41) is 5.12. The lowest BCUT2D eigenvalue weighted by atomic mass is 9.66. The van der Waals surface area contributed by atoms with Crippen molar-refractivity contribution in [1.29, 1.82) is 0 Å². The first-order valence-corrected chi connectivity index (χ1v) is 45.0. The van der Waals surface area contributed by atoms with Crippen LogP contribution in [0.1, 0.15) is 44.5 Å². The molecule has 2 heterocycles. The molecule has 22 aromatic rings. The minimum Gasteiger partial charge on any atom is -0.310 e. The number of rotatable bonds is 16. The molecule has 0 N–H and O–H groups in total. The topological polar surface area (TPSA) is 6.48 Å². The van der Waals surface area contributed by atoms with Crippen LogP contribution < -0.4 is 9.80 Å². The largest absolute Gasteiger partial charge is 0.310 e. The number of hydrogen-bond acceptors (Lipinski definition) is 4. The highest BCUT2D eigenvalue weighted by Crippen LogP contribution is 2.61. The van der Waals surface area contributed by atoms with Crippen molar-refractivity contribution in [3.05, 3.63) is 542 Å². The second kappa shape index (κ2) is 32.0. The van der Waals surface area contributed by atoms with Crippen LogP contribution in [0, 0.1) is 0 Å². The summed E-state index contributed by atoms with van der Waals surface area (Å²) in [4.78, 5) is 4.80. The number of para-hydroxylation sites is 2. The van der Waals surface area contributed by atoms with E-state index in [1.54, 1.807) is 0 Å². The summed E-state index contributed by atoms with van der Waals surface area (Å²) < 4.78 is 5.10. The molecule has 592 valence electrons. The first-order chi connectivity index (χ1) is 62.5. The van der Waals surface area contributed by atoms with Crippen molar-refractivity contribution >= 4 is 97.1 Å². The molecule has 126 heavy (non-hydrogen) atoms. The maximum atomic E-state index is 2.52. The summed E-state index contributed by atoms with van der Waals surface area (Å²) in [5.74, 6) is 0. The first kappa shape index (κ1) is 75.4. The first-order valence-electron chi connectivity index (χ1n) is 43.3. The Labute approximate surface area is 743 Å². The van der Waals surface area contributed by atoms with E-state index in [0.29, 0.717) is 0 Å². The molecule has 2 aliphatic carbocycles. The van der Waals surface area contributed by atoms with E-state index in [1.165, 1.54) is 174 Å². The van der Waals surface area contributed by atoms with Gasteiger partial charge in [0.25, 0.3) is 0 Å². The van der Waals surface area contributed by atoms with Gasteiger partial charge in [0.15, 0.2) is 0 Å². The van der Waals surface area contributed by atoms with Gasteiger partial charge in [0.05, 0.1) is 10.8 Å². The van der Waals surface area contributed by atoms with E-state index >= 15 is 0 Å². The molecule has 2 nitrogen and oxygen atoms in total. The van der Waals surface area contributed by atoms with E-state index in [9.17, 15) is 0 Å². The Morgan fingerprint density at radius 1 is 0.151 bits per heavy atom. The highest BCUT2D eigenvalue weighted by molar-refractivity contribution is 7.26. The van der Waals surface area contributed by atoms with Crippen LogP contribution >= 0.6 is 22.7 Å². The molecule has 2 aliphatic rings. The van der Waals surface area contributed by atoms with E-state index in [0.717, 1.165) is 34.1 Å². The van der Waals surface area contributed by atoms with Gasteiger partial charge in [-0.25, -0.2) is 0 Å². The van der Waals surface area contributed by atoms with E-state index in [1.807, 2.05) is 22.7 Å². The van der Waals surface area contributed by atoms with Crippen LogP contribution in [0.25, 0.3) is 129 Å². The normalized spacial score (nSPS) is 12.6. The molecular weight excluding hydrogens is 1560 g/mol. The molecule has 20 aromatic carbocycles. The molecule has 0 saturated carbocycles. The van der Waals surface area contributed by atoms with Gasteiger partial charge in [-0.2, -0.15) is 0 Å². The maximum Gasteiger partial charge on any atom is 0.0720 e. The number of thiophene rings is 2. The highest BCUT2D eigenvalue weighted by atomic mass is 32.1. The fourth-order valence-corrected chi connectivity index (χ4v) is 22.5. The molecule has 24 rings (SSSR count).